The summed E-state index contributed by atoms with van der Waals surface area (Å²) in [7, 11) is 1.99. The van der Waals surface area contributed by atoms with Crippen molar-refractivity contribution in [2.24, 2.45) is 13.0 Å². The van der Waals surface area contributed by atoms with Crippen LogP contribution in [0, 0.1) is 12.8 Å². The maximum absolute atomic E-state index is 4.21. The Morgan fingerprint density at radius 3 is 2.92 bits per heavy atom. The molecule has 1 aromatic heterocycles. The summed E-state index contributed by atoms with van der Waals surface area (Å²) in [5.74, 6) is 0.956. The molecule has 3 nitrogen and oxygen atoms in total. The molecule has 1 aliphatic rings. The second-order valence-electron chi connectivity index (χ2n) is 3.95. The zero-order chi connectivity index (χ0) is 9.26. The molecule has 2 rings (SSSR count). The summed E-state index contributed by atoms with van der Waals surface area (Å²) in [4.78, 5) is 0. The first kappa shape index (κ1) is 8.75. The largest absolute Gasteiger partial charge is 0.312 e. The van der Waals surface area contributed by atoms with Crippen molar-refractivity contribution in [1.29, 1.82) is 0 Å². The van der Waals surface area contributed by atoms with E-state index in [-0.39, 0.29) is 0 Å². The van der Waals surface area contributed by atoms with E-state index in [9.17, 15) is 0 Å². The second-order valence-corrected chi connectivity index (χ2v) is 3.95. The quantitative estimate of drug-likeness (QED) is 0.753. The molecule has 1 saturated carbocycles. The zero-order valence-electron chi connectivity index (χ0n) is 8.38. The van der Waals surface area contributed by atoms with E-state index in [4.69, 9.17) is 0 Å². The first-order valence-electron chi connectivity index (χ1n) is 4.95. The first-order chi connectivity index (χ1) is 6.27. The van der Waals surface area contributed by atoms with Gasteiger partial charge in [-0.25, -0.2) is 0 Å². The summed E-state index contributed by atoms with van der Waals surface area (Å²) < 4.78 is 1.92. The fourth-order valence-corrected chi connectivity index (χ4v) is 1.45. The van der Waals surface area contributed by atoms with Crippen LogP contribution >= 0.6 is 0 Å². The monoisotopic (exact) mass is 179 g/mol. The van der Waals surface area contributed by atoms with Crippen molar-refractivity contribution >= 4 is 0 Å². The topological polar surface area (TPSA) is 29.9 Å². The number of nitrogens with one attached hydrogen (secondary N) is 1. The lowest BCUT2D eigenvalue weighted by molar-refractivity contribution is 0.635. The fraction of sp³-hybridized carbons (Fsp3) is 0.700. The Bertz CT molecular complexity index is 286. The molecule has 0 saturated heterocycles. The predicted octanol–water partition coefficient (Wildman–Crippen LogP) is 1.23. The lowest BCUT2D eigenvalue weighted by Crippen LogP contribution is -2.16. The maximum Gasteiger partial charge on any atom is 0.0537 e. The average Bonchev–Trinajstić information content (AvgIpc) is 2.88. The third-order valence-electron chi connectivity index (χ3n) is 2.78. The minimum absolute atomic E-state index is 0.956. The van der Waals surface area contributed by atoms with Crippen LogP contribution in [0.15, 0.2) is 6.20 Å². The van der Waals surface area contributed by atoms with Gasteiger partial charge in [0.05, 0.1) is 6.20 Å². The van der Waals surface area contributed by atoms with Gasteiger partial charge in [0.15, 0.2) is 0 Å². The molecule has 0 aromatic carbocycles. The van der Waals surface area contributed by atoms with Crippen molar-refractivity contribution in [2.75, 3.05) is 6.54 Å². The molecule has 1 heterocycles. The van der Waals surface area contributed by atoms with E-state index in [0.717, 1.165) is 12.5 Å². The summed E-state index contributed by atoms with van der Waals surface area (Å²) >= 11 is 0. The van der Waals surface area contributed by atoms with Crippen LogP contribution in [-0.4, -0.2) is 16.3 Å². The zero-order valence-corrected chi connectivity index (χ0v) is 8.38. The van der Waals surface area contributed by atoms with Crippen molar-refractivity contribution in [3.8, 4) is 0 Å². The van der Waals surface area contributed by atoms with Gasteiger partial charge in [0.2, 0.25) is 0 Å². The highest BCUT2D eigenvalue weighted by atomic mass is 15.3. The van der Waals surface area contributed by atoms with Crippen LogP contribution in [0.4, 0.5) is 0 Å². The van der Waals surface area contributed by atoms with E-state index in [0.29, 0.717) is 0 Å². The molecule has 1 N–H and O–H groups in total. The average molecular weight is 179 g/mol. The highest BCUT2D eigenvalue weighted by Crippen LogP contribution is 2.27. The molecule has 1 aromatic rings. The SMILES string of the molecule is Cc1c(CNCC2CC2)cnn1C. The maximum atomic E-state index is 4.21. The van der Waals surface area contributed by atoms with Gasteiger partial charge in [0, 0.05) is 24.8 Å². The Morgan fingerprint density at radius 1 is 1.62 bits per heavy atom. The lowest BCUT2D eigenvalue weighted by atomic mass is 10.2. The van der Waals surface area contributed by atoms with Gasteiger partial charge >= 0.3 is 0 Å². The summed E-state index contributed by atoms with van der Waals surface area (Å²) in [6.45, 7) is 4.26. The Hall–Kier alpha value is -0.830. The van der Waals surface area contributed by atoms with Crippen molar-refractivity contribution in [2.45, 2.75) is 26.3 Å². The molecule has 0 radical (unpaired) electrons. The second kappa shape index (κ2) is 3.50. The molecule has 0 amide bonds. The highest BCUT2D eigenvalue weighted by molar-refractivity contribution is 5.15. The smallest absolute Gasteiger partial charge is 0.0537 e. The molecule has 0 unspecified atom stereocenters. The van der Waals surface area contributed by atoms with E-state index >= 15 is 0 Å². The highest BCUT2D eigenvalue weighted by Gasteiger charge is 2.20. The van der Waals surface area contributed by atoms with Gasteiger partial charge in [-0.05, 0) is 32.2 Å². The van der Waals surface area contributed by atoms with E-state index in [1.165, 1.54) is 30.6 Å². The summed E-state index contributed by atoms with van der Waals surface area (Å²) in [5.41, 5.74) is 2.59. The van der Waals surface area contributed by atoms with Crippen LogP contribution in [0.25, 0.3) is 0 Å². The standard InChI is InChI=1S/C10H17N3/c1-8-10(7-12-13(8)2)6-11-5-9-3-4-9/h7,9,11H,3-6H2,1-2H3. The predicted molar refractivity (Wildman–Crippen MR) is 52.4 cm³/mol. The van der Waals surface area contributed by atoms with Crippen LogP contribution in [0.1, 0.15) is 24.1 Å². The minimum atomic E-state index is 0.956. The van der Waals surface area contributed by atoms with Gasteiger partial charge in [0.25, 0.3) is 0 Å². The fourth-order valence-electron chi connectivity index (χ4n) is 1.45. The van der Waals surface area contributed by atoms with Crippen LogP contribution < -0.4 is 5.32 Å². The van der Waals surface area contributed by atoms with Crippen molar-refractivity contribution in [3.05, 3.63) is 17.5 Å². The number of aromatic nitrogens is 2. The van der Waals surface area contributed by atoms with E-state index < -0.39 is 0 Å². The normalized spacial score (nSPS) is 16.5. The molecule has 72 valence electrons. The number of nitrogens with zero attached hydrogens (tertiary/aromatic N) is 2. The van der Waals surface area contributed by atoms with Gasteiger partial charge in [-0.3, -0.25) is 4.68 Å². The van der Waals surface area contributed by atoms with Crippen molar-refractivity contribution in [3.63, 3.8) is 0 Å². The summed E-state index contributed by atoms with van der Waals surface area (Å²) in [6, 6.07) is 0. The van der Waals surface area contributed by atoms with Gasteiger partial charge in [0.1, 0.15) is 0 Å². The number of hydrogen-bond acceptors (Lipinski definition) is 2. The molecule has 0 atom stereocenters. The number of hydrogen-bond donors (Lipinski definition) is 1. The molecule has 0 aliphatic heterocycles. The molecule has 3 heteroatoms. The van der Waals surface area contributed by atoms with Crippen LogP contribution in [0.3, 0.4) is 0 Å². The Balaban J connectivity index is 1.82. The van der Waals surface area contributed by atoms with Crippen molar-refractivity contribution in [1.82, 2.24) is 15.1 Å². The van der Waals surface area contributed by atoms with Crippen LogP contribution in [-0.2, 0) is 13.6 Å². The van der Waals surface area contributed by atoms with Gasteiger partial charge < -0.3 is 5.32 Å². The van der Waals surface area contributed by atoms with E-state index in [2.05, 4.69) is 17.3 Å². The number of aryl methyl sites for hydroxylation is 1. The Kier molecular flexibility index (Phi) is 2.36. The first-order valence-corrected chi connectivity index (χ1v) is 4.95. The molecule has 13 heavy (non-hydrogen) atoms. The van der Waals surface area contributed by atoms with E-state index in [1.807, 2.05) is 17.9 Å². The molecule has 1 fully saturated rings. The Labute approximate surface area is 79.1 Å². The van der Waals surface area contributed by atoms with Gasteiger partial charge in [-0.1, -0.05) is 0 Å². The molecule has 1 aliphatic carbocycles. The summed E-state index contributed by atoms with van der Waals surface area (Å²) in [5, 5.41) is 7.67. The minimum Gasteiger partial charge on any atom is -0.312 e. The van der Waals surface area contributed by atoms with Gasteiger partial charge in [-0.15, -0.1) is 0 Å². The molecule has 0 bridgehead atoms. The molecular weight excluding hydrogens is 162 g/mol. The van der Waals surface area contributed by atoms with E-state index in [1.54, 1.807) is 0 Å². The van der Waals surface area contributed by atoms with Crippen molar-refractivity contribution < 1.29 is 0 Å². The van der Waals surface area contributed by atoms with Crippen LogP contribution in [0.5, 0.6) is 0 Å². The Morgan fingerprint density at radius 2 is 2.38 bits per heavy atom. The lowest BCUT2D eigenvalue weighted by Gasteiger charge is -2.02. The van der Waals surface area contributed by atoms with Crippen LogP contribution in [0.2, 0.25) is 0 Å². The third-order valence-corrected chi connectivity index (χ3v) is 2.78. The molecule has 0 spiro atoms. The summed E-state index contributed by atoms with van der Waals surface area (Å²) in [6.07, 6.45) is 4.78. The molecular formula is C10H17N3. The van der Waals surface area contributed by atoms with Gasteiger partial charge in [-0.2, -0.15) is 5.10 Å². The third kappa shape index (κ3) is 2.10. The number of rotatable bonds is 4.